The number of unbranched alkanes of at least 4 members (excludes halogenated alkanes) is 2. The van der Waals surface area contributed by atoms with E-state index in [0.717, 1.165) is 50.9 Å². The molecule has 208 valence electrons. The van der Waals surface area contributed by atoms with E-state index >= 15 is 0 Å². The molecule has 2 fully saturated rings. The lowest BCUT2D eigenvalue weighted by molar-refractivity contribution is -0.229. The van der Waals surface area contributed by atoms with Crippen LogP contribution in [0.4, 0.5) is 17.6 Å². The van der Waals surface area contributed by atoms with Crippen LogP contribution in [0.15, 0.2) is 60.9 Å². The van der Waals surface area contributed by atoms with E-state index < -0.39 is 12.2 Å². The van der Waals surface area contributed by atoms with E-state index in [1.54, 1.807) is 12.1 Å². The summed E-state index contributed by atoms with van der Waals surface area (Å²) in [6.07, 6.45) is 3.39. The third-order valence-electron chi connectivity index (χ3n) is 7.44. The average molecular weight is 537 g/mol. The Morgan fingerprint density at radius 1 is 0.895 bits per heavy atom. The molecule has 0 N–H and O–H groups in total. The molecule has 0 spiro atoms. The zero-order chi connectivity index (χ0) is 27.0. The van der Waals surface area contributed by atoms with Gasteiger partial charge in [-0.25, -0.2) is 0 Å². The second kappa shape index (κ2) is 13.5. The largest absolute Gasteiger partial charge is 0.459 e. The molecule has 1 aliphatic carbocycles. The van der Waals surface area contributed by atoms with Crippen LogP contribution in [0.5, 0.6) is 11.5 Å². The number of rotatable bonds is 11. The van der Waals surface area contributed by atoms with Crippen LogP contribution < -0.4 is 9.47 Å². The normalized spacial score (nSPS) is 24.0. The quantitative estimate of drug-likeness (QED) is 0.163. The van der Waals surface area contributed by atoms with Crippen LogP contribution in [0, 0.1) is 11.8 Å². The summed E-state index contributed by atoms with van der Waals surface area (Å²) in [6.45, 7) is 3.77. The Hall–Kier alpha value is -2.58. The summed E-state index contributed by atoms with van der Waals surface area (Å²) < 4.78 is 75.5. The lowest BCUT2D eigenvalue weighted by atomic mass is 9.78. The standard InChI is InChI=1S/C30H36F4O4/c1-2-3-4-5-21-18-36-29(37-19-21)24-8-6-22(7-9-24)23-10-12-25(13-11-23)30(33,34)38-27-16-14-26(15-17-27)35-20-28(31)32/h10-17,20-22,24,29H,2-9,18-19H2,1H3. The van der Waals surface area contributed by atoms with Gasteiger partial charge in [0.1, 0.15) is 11.5 Å². The van der Waals surface area contributed by atoms with E-state index in [0.29, 0.717) is 17.8 Å². The number of halogens is 4. The van der Waals surface area contributed by atoms with Gasteiger partial charge in [-0.15, -0.1) is 0 Å². The number of benzene rings is 2. The Labute approximate surface area is 221 Å². The predicted molar refractivity (Wildman–Crippen MR) is 136 cm³/mol. The van der Waals surface area contributed by atoms with Crippen LogP contribution in [-0.4, -0.2) is 19.5 Å². The Balaban J connectivity index is 1.24. The molecule has 1 heterocycles. The Morgan fingerprint density at radius 2 is 1.53 bits per heavy atom. The van der Waals surface area contributed by atoms with E-state index in [1.165, 1.54) is 55.7 Å². The fourth-order valence-corrected chi connectivity index (χ4v) is 5.26. The van der Waals surface area contributed by atoms with Crippen LogP contribution in [0.25, 0.3) is 0 Å². The lowest BCUT2D eigenvalue weighted by Crippen LogP contribution is -2.38. The lowest BCUT2D eigenvalue weighted by Gasteiger charge is -2.37. The molecule has 0 amide bonds. The van der Waals surface area contributed by atoms with Gasteiger partial charge in [0.15, 0.2) is 12.6 Å². The molecule has 1 saturated heterocycles. The van der Waals surface area contributed by atoms with Gasteiger partial charge in [-0.3, -0.25) is 0 Å². The van der Waals surface area contributed by atoms with Crippen molar-refractivity contribution in [3.8, 4) is 11.5 Å². The Kier molecular flexibility index (Phi) is 10.1. The first-order valence-electron chi connectivity index (χ1n) is 13.5. The molecule has 2 aliphatic rings. The van der Waals surface area contributed by atoms with Crippen molar-refractivity contribution in [2.45, 2.75) is 76.6 Å². The first kappa shape index (κ1) is 28.4. The summed E-state index contributed by atoms with van der Waals surface area (Å²) in [6, 6.07) is 11.3. The zero-order valence-electron chi connectivity index (χ0n) is 21.7. The maximum atomic E-state index is 14.8. The van der Waals surface area contributed by atoms with Crippen molar-refractivity contribution in [3.05, 3.63) is 72.0 Å². The van der Waals surface area contributed by atoms with Gasteiger partial charge >= 0.3 is 12.2 Å². The molecular formula is C30H36F4O4. The first-order chi connectivity index (χ1) is 18.3. The number of alkyl halides is 2. The molecule has 1 aliphatic heterocycles. The van der Waals surface area contributed by atoms with Gasteiger partial charge in [0.2, 0.25) is 0 Å². The highest BCUT2D eigenvalue weighted by Crippen LogP contribution is 2.40. The molecule has 0 atom stereocenters. The predicted octanol–water partition coefficient (Wildman–Crippen LogP) is 8.77. The minimum atomic E-state index is -3.55. The maximum Gasteiger partial charge on any atom is 0.426 e. The first-order valence-corrected chi connectivity index (χ1v) is 13.5. The zero-order valence-corrected chi connectivity index (χ0v) is 21.7. The molecule has 2 aromatic rings. The smallest absolute Gasteiger partial charge is 0.426 e. The fourth-order valence-electron chi connectivity index (χ4n) is 5.26. The van der Waals surface area contributed by atoms with Gasteiger partial charge < -0.3 is 18.9 Å². The third kappa shape index (κ3) is 7.96. The van der Waals surface area contributed by atoms with E-state index in [1.807, 2.05) is 0 Å². The van der Waals surface area contributed by atoms with Crippen LogP contribution >= 0.6 is 0 Å². The molecule has 0 unspecified atom stereocenters. The summed E-state index contributed by atoms with van der Waals surface area (Å²) in [5.74, 6) is 1.17. The molecule has 0 bridgehead atoms. The van der Waals surface area contributed by atoms with Crippen molar-refractivity contribution in [1.29, 1.82) is 0 Å². The SMILES string of the molecule is CCCCCC1COC(C2CCC(c3ccc(C(F)(F)Oc4ccc(OC=C(F)F)cc4)cc3)CC2)OC1. The van der Waals surface area contributed by atoms with Crippen molar-refractivity contribution in [2.24, 2.45) is 11.8 Å². The van der Waals surface area contributed by atoms with Gasteiger partial charge in [0, 0.05) is 11.8 Å². The summed E-state index contributed by atoms with van der Waals surface area (Å²) in [7, 11) is 0. The Morgan fingerprint density at radius 3 is 2.13 bits per heavy atom. The van der Waals surface area contributed by atoms with Crippen molar-refractivity contribution < 1.29 is 36.5 Å². The highest BCUT2D eigenvalue weighted by Gasteiger charge is 2.36. The summed E-state index contributed by atoms with van der Waals surface area (Å²) >= 11 is 0. The number of hydrogen-bond acceptors (Lipinski definition) is 4. The van der Waals surface area contributed by atoms with Gasteiger partial charge in [-0.2, -0.15) is 17.6 Å². The summed E-state index contributed by atoms with van der Waals surface area (Å²) in [5.41, 5.74) is 0.786. The molecular weight excluding hydrogens is 500 g/mol. The van der Waals surface area contributed by atoms with Crippen molar-refractivity contribution in [2.75, 3.05) is 13.2 Å². The van der Waals surface area contributed by atoms with E-state index in [2.05, 4.69) is 6.92 Å². The fraction of sp³-hybridized carbons (Fsp3) is 0.533. The molecule has 4 nitrogen and oxygen atoms in total. The number of ether oxygens (including phenoxy) is 4. The summed E-state index contributed by atoms with van der Waals surface area (Å²) in [4.78, 5) is 0. The monoisotopic (exact) mass is 536 g/mol. The minimum Gasteiger partial charge on any atom is -0.459 e. The highest BCUT2D eigenvalue weighted by molar-refractivity contribution is 5.33. The highest BCUT2D eigenvalue weighted by atomic mass is 19.3. The maximum absolute atomic E-state index is 14.8. The third-order valence-corrected chi connectivity index (χ3v) is 7.44. The molecule has 2 aromatic carbocycles. The Bertz CT molecular complexity index is 1010. The minimum absolute atomic E-state index is 0.0840. The van der Waals surface area contributed by atoms with E-state index in [4.69, 9.17) is 18.9 Å². The van der Waals surface area contributed by atoms with Crippen molar-refractivity contribution in [3.63, 3.8) is 0 Å². The van der Waals surface area contributed by atoms with Gasteiger partial charge in [0.25, 0.3) is 0 Å². The average Bonchev–Trinajstić information content (AvgIpc) is 2.93. The molecule has 0 radical (unpaired) electrons. The topological polar surface area (TPSA) is 36.9 Å². The summed E-state index contributed by atoms with van der Waals surface area (Å²) in [5, 5.41) is 0. The van der Waals surface area contributed by atoms with Crippen LogP contribution in [0.2, 0.25) is 0 Å². The van der Waals surface area contributed by atoms with Crippen LogP contribution in [0.1, 0.15) is 75.3 Å². The second-order valence-corrected chi connectivity index (χ2v) is 10.2. The van der Waals surface area contributed by atoms with Crippen molar-refractivity contribution in [1.82, 2.24) is 0 Å². The van der Waals surface area contributed by atoms with Crippen LogP contribution in [-0.2, 0) is 15.6 Å². The molecule has 1 saturated carbocycles. The molecule has 4 rings (SSSR count). The molecule has 8 heteroatoms. The number of hydrogen-bond donors (Lipinski definition) is 0. The van der Waals surface area contributed by atoms with Gasteiger partial charge in [0.05, 0.1) is 18.8 Å². The second-order valence-electron chi connectivity index (χ2n) is 10.2. The van der Waals surface area contributed by atoms with E-state index in [9.17, 15) is 17.6 Å². The molecule has 0 aromatic heterocycles. The van der Waals surface area contributed by atoms with Crippen LogP contribution in [0.3, 0.4) is 0 Å². The van der Waals surface area contributed by atoms with Gasteiger partial charge in [-0.1, -0.05) is 38.3 Å². The van der Waals surface area contributed by atoms with E-state index in [-0.39, 0.29) is 29.6 Å². The van der Waals surface area contributed by atoms with Crippen molar-refractivity contribution >= 4 is 0 Å². The molecule has 38 heavy (non-hydrogen) atoms. The van der Waals surface area contributed by atoms with Gasteiger partial charge in [-0.05, 0) is 80.0 Å².